The molecule has 0 fully saturated rings. The summed E-state index contributed by atoms with van der Waals surface area (Å²) in [5.41, 5.74) is 0. The first kappa shape index (κ1) is 7.36. The Morgan fingerprint density at radius 3 is 1.50 bits per heavy atom. The van der Waals surface area contributed by atoms with Gasteiger partial charge in [0.25, 0.3) is 0 Å². The van der Waals surface area contributed by atoms with Crippen LogP contribution in [0.5, 0.6) is 0 Å². The molecular formula is C4H9NO2Si. The van der Waals surface area contributed by atoms with Crippen molar-refractivity contribution in [3.8, 4) is 0 Å². The molecule has 0 aliphatic heterocycles. The molecular weight excluding hydrogens is 122 g/mol. The fourth-order valence-electron chi connectivity index (χ4n) is 0.222. The standard InChI is InChI=1S/C4H9NO2Si/c1-3(6)5(8)4(2)7/h1-2,8H3. The van der Waals surface area contributed by atoms with Crippen LogP contribution < -0.4 is 0 Å². The predicted octanol–water partition coefficient (Wildman–Crippen LogP) is -1.34. The van der Waals surface area contributed by atoms with E-state index in [4.69, 9.17) is 0 Å². The summed E-state index contributed by atoms with van der Waals surface area (Å²) in [7, 11) is 0.492. The summed E-state index contributed by atoms with van der Waals surface area (Å²) in [6.07, 6.45) is 0. The van der Waals surface area contributed by atoms with E-state index < -0.39 is 0 Å². The highest BCUT2D eigenvalue weighted by Crippen LogP contribution is 1.80. The van der Waals surface area contributed by atoms with Crippen LogP contribution in [-0.2, 0) is 9.59 Å². The lowest BCUT2D eigenvalue weighted by atomic mass is 10.6. The second-order valence-corrected chi connectivity index (χ2v) is 2.49. The van der Waals surface area contributed by atoms with E-state index >= 15 is 0 Å². The number of nitrogens with zero attached hydrogens (tertiary/aromatic N) is 1. The highest BCUT2D eigenvalue weighted by molar-refractivity contribution is 6.23. The molecule has 46 valence electrons. The molecule has 0 heterocycles. The summed E-state index contributed by atoms with van der Waals surface area (Å²) in [5, 5.41) is 0. The average Bonchev–Trinajstić information content (AvgIpc) is 1.64. The minimum atomic E-state index is -0.163. The van der Waals surface area contributed by atoms with E-state index in [9.17, 15) is 9.59 Å². The van der Waals surface area contributed by atoms with Gasteiger partial charge in [0.2, 0.25) is 11.8 Å². The van der Waals surface area contributed by atoms with Gasteiger partial charge in [-0.3, -0.25) is 9.59 Å². The van der Waals surface area contributed by atoms with Crippen molar-refractivity contribution in [2.24, 2.45) is 0 Å². The fraction of sp³-hybridized carbons (Fsp3) is 0.500. The number of amides is 2. The maximum atomic E-state index is 10.3. The van der Waals surface area contributed by atoms with Gasteiger partial charge in [-0.2, -0.15) is 0 Å². The van der Waals surface area contributed by atoms with Gasteiger partial charge in [0, 0.05) is 13.8 Å². The van der Waals surface area contributed by atoms with Gasteiger partial charge >= 0.3 is 0 Å². The Morgan fingerprint density at radius 2 is 1.50 bits per heavy atom. The van der Waals surface area contributed by atoms with Crippen LogP contribution in [-0.4, -0.2) is 26.8 Å². The number of hydrogen-bond acceptors (Lipinski definition) is 2. The first-order valence-corrected chi connectivity index (χ1v) is 3.20. The largest absolute Gasteiger partial charge is 0.321 e. The topological polar surface area (TPSA) is 37.4 Å². The second kappa shape index (κ2) is 2.61. The highest BCUT2D eigenvalue weighted by atomic mass is 28.2. The zero-order chi connectivity index (χ0) is 6.73. The molecule has 0 saturated carbocycles. The van der Waals surface area contributed by atoms with Crippen LogP contribution in [0.15, 0.2) is 0 Å². The van der Waals surface area contributed by atoms with E-state index in [-0.39, 0.29) is 11.8 Å². The molecule has 0 radical (unpaired) electrons. The van der Waals surface area contributed by atoms with Crippen LogP contribution in [0.4, 0.5) is 0 Å². The highest BCUT2D eigenvalue weighted by Gasteiger charge is 2.03. The summed E-state index contributed by atoms with van der Waals surface area (Å²) in [4.78, 5) is 20.6. The summed E-state index contributed by atoms with van der Waals surface area (Å²) in [6.45, 7) is 2.77. The molecule has 0 atom stereocenters. The van der Waals surface area contributed by atoms with Gasteiger partial charge in [-0.1, -0.05) is 0 Å². The number of imide groups is 1. The third-order valence-corrected chi connectivity index (χ3v) is 2.20. The molecule has 0 aliphatic carbocycles. The van der Waals surface area contributed by atoms with Gasteiger partial charge in [-0.05, 0) is 0 Å². The van der Waals surface area contributed by atoms with Gasteiger partial charge in [0.05, 0.1) is 0 Å². The van der Waals surface area contributed by atoms with Crippen LogP contribution in [0, 0.1) is 0 Å². The van der Waals surface area contributed by atoms with Crippen LogP contribution in [0.3, 0.4) is 0 Å². The van der Waals surface area contributed by atoms with Crippen LogP contribution in [0.1, 0.15) is 13.8 Å². The molecule has 0 aromatic rings. The molecule has 0 aliphatic rings. The first-order valence-electron chi connectivity index (χ1n) is 2.30. The van der Waals surface area contributed by atoms with Gasteiger partial charge in [-0.25, -0.2) is 0 Å². The zero-order valence-corrected chi connectivity index (χ0v) is 7.26. The van der Waals surface area contributed by atoms with Crippen molar-refractivity contribution < 1.29 is 9.59 Å². The Labute approximate surface area is 51.2 Å². The molecule has 4 heteroatoms. The van der Waals surface area contributed by atoms with Crippen LogP contribution >= 0.6 is 0 Å². The SMILES string of the molecule is CC(=O)N([SiH3])C(C)=O. The third kappa shape index (κ3) is 1.88. The Hall–Kier alpha value is -0.643. The van der Waals surface area contributed by atoms with Crippen molar-refractivity contribution in [1.82, 2.24) is 4.57 Å². The second-order valence-electron chi connectivity index (χ2n) is 1.60. The van der Waals surface area contributed by atoms with Crippen LogP contribution in [0.25, 0.3) is 0 Å². The van der Waals surface area contributed by atoms with E-state index in [0.717, 1.165) is 0 Å². The number of carbonyl (C=O) groups is 2. The molecule has 2 amide bonds. The van der Waals surface area contributed by atoms with Crippen molar-refractivity contribution in [2.75, 3.05) is 0 Å². The molecule has 0 rings (SSSR count). The molecule has 0 spiro atoms. The molecule has 8 heavy (non-hydrogen) atoms. The summed E-state index contributed by atoms with van der Waals surface area (Å²) in [5.74, 6) is -0.326. The molecule has 0 unspecified atom stereocenters. The number of rotatable bonds is 0. The molecule has 0 aromatic carbocycles. The smallest absolute Gasteiger partial charge is 0.217 e. The van der Waals surface area contributed by atoms with Gasteiger partial charge in [0.1, 0.15) is 10.4 Å². The maximum absolute atomic E-state index is 10.3. The lowest BCUT2D eigenvalue weighted by Crippen LogP contribution is -2.29. The van der Waals surface area contributed by atoms with Gasteiger partial charge < -0.3 is 4.57 Å². The van der Waals surface area contributed by atoms with E-state index in [1.54, 1.807) is 0 Å². The van der Waals surface area contributed by atoms with Crippen LogP contribution in [0.2, 0.25) is 0 Å². The minimum Gasteiger partial charge on any atom is -0.321 e. The Bertz CT molecular complexity index is 109. The van der Waals surface area contributed by atoms with E-state index in [0.29, 0.717) is 10.4 Å². The molecule has 3 nitrogen and oxygen atoms in total. The van der Waals surface area contributed by atoms with Crippen molar-refractivity contribution >= 4 is 22.2 Å². The van der Waals surface area contributed by atoms with Crippen molar-refractivity contribution in [1.29, 1.82) is 0 Å². The summed E-state index contributed by atoms with van der Waals surface area (Å²) in [6, 6.07) is 0. The average molecular weight is 131 g/mol. The Morgan fingerprint density at radius 1 is 1.25 bits per heavy atom. The zero-order valence-electron chi connectivity index (χ0n) is 5.26. The fourth-order valence-corrected chi connectivity index (χ4v) is 0.222. The third-order valence-electron chi connectivity index (χ3n) is 0.945. The first-order chi connectivity index (χ1) is 3.55. The van der Waals surface area contributed by atoms with Crippen molar-refractivity contribution in [2.45, 2.75) is 13.8 Å². The van der Waals surface area contributed by atoms with E-state index in [2.05, 4.69) is 0 Å². The number of hydrogen-bond donors (Lipinski definition) is 0. The Balaban J connectivity index is 3.83. The lowest BCUT2D eigenvalue weighted by Gasteiger charge is -2.08. The van der Waals surface area contributed by atoms with Gasteiger partial charge in [-0.15, -0.1) is 0 Å². The van der Waals surface area contributed by atoms with E-state index in [1.807, 2.05) is 0 Å². The minimum absolute atomic E-state index is 0.163. The van der Waals surface area contributed by atoms with E-state index in [1.165, 1.54) is 18.4 Å². The maximum Gasteiger partial charge on any atom is 0.217 e. The molecule has 0 N–H and O–H groups in total. The Kier molecular flexibility index (Phi) is 2.40. The molecule has 0 aromatic heterocycles. The summed E-state index contributed by atoms with van der Waals surface area (Å²) < 4.78 is 1.19. The monoisotopic (exact) mass is 131 g/mol. The normalized spacial score (nSPS) is 8.75. The predicted molar refractivity (Wildman–Crippen MR) is 33.1 cm³/mol. The van der Waals surface area contributed by atoms with Crippen molar-refractivity contribution in [3.63, 3.8) is 0 Å². The van der Waals surface area contributed by atoms with Crippen molar-refractivity contribution in [3.05, 3.63) is 0 Å². The quantitative estimate of drug-likeness (QED) is 0.382. The summed E-state index contributed by atoms with van der Waals surface area (Å²) >= 11 is 0. The molecule has 0 saturated heterocycles. The van der Waals surface area contributed by atoms with Gasteiger partial charge in [0.15, 0.2) is 0 Å². The lowest BCUT2D eigenvalue weighted by molar-refractivity contribution is -0.135. The molecule has 0 bridgehead atoms. The number of carbonyl (C=O) groups excluding carboxylic acids is 2.